The minimum Gasteiger partial charge on any atom is -0.497 e. The maximum Gasteiger partial charge on any atom is 0.258 e. The number of nitrogens with one attached hydrogen (secondary N) is 1. The van der Waals surface area contributed by atoms with Crippen molar-refractivity contribution in [1.82, 2.24) is 14.6 Å². The van der Waals surface area contributed by atoms with Crippen molar-refractivity contribution in [1.29, 1.82) is 0 Å². The van der Waals surface area contributed by atoms with Crippen LogP contribution in [0.5, 0.6) is 5.75 Å². The monoisotopic (exact) mass is 428 g/mol. The molecule has 130 valence electrons. The molecule has 0 aliphatic heterocycles. The van der Waals surface area contributed by atoms with Gasteiger partial charge < -0.3 is 4.74 Å². The van der Waals surface area contributed by atoms with E-state index in [9.17, 15) is 4.79 Å². The molecule has 0 radical (unpaired) electrons. The topological polar surface area (TPSA) is 68.5 Å². The molecule has 2 heterocycles. The fraction of sp³-hybridized carbons (Fsp3) is 0.0556. The summed E-state index contributed by atoms with van der Waals surface area (Å²) in [4.78, 5) is 17.4. The molecule has 1 N–H and O–H groups in total. The zero-order valence-electron chi connectivity index (χ0n) is 13.6. The second kappa shape index (κ2) is 6.89. The summed E-state index contributed by atoms with van der Waals surface area (Å²) < 4.78 is 7.83. The van der Waals surface area contributed by atoms with Crippen molar-refractivity contribution in [3.05, 3.63) is 63.9 Å². The average Bonchev–Trinajstić information content (AvgIpc) is 3.22. The average molecular weight is 429 g/mol. The van der Waals surface area contributed by atoms with Crippen LogP contribution in [-0.2, 0) is 0 Å². The van der Waals surface area contributed by atoms with Gasteiger partial charge in [0.25, 0.3) is 11.9 Å². The van der Waals surface area contributed by atoms with Crippen LogP contribution in [0.4, 0.5) is 5.95 Å². The molecule has 0 atom stereocenters. The molecule has 2 aromatic carbocycles. The van der Waals surface area contributed by atoms with Crippen LogP contribution in [0, 0.1) is 0 Å². The summed E-state index contributed by atoms with van der Waals surface area (Å²) in [6.07, 6.45) is 0. The fourth-order valence-corrected chi connectivity index (χ4v) is 3.56. The third-order valence-electron chi connectivity index (χ3n) is 3.80. The van der Waals surface area contributed by atoms with Gasteiger partial charge in [0.15, 0.2) is 0 Å². The van der Waals surface area contributed by atoms with E-state index in [-0.39, 0.29) is 11.9 Å². The Morgan fingerprint density at radius 1 is 1.15 bits per heavy atom. The maximum absolute atomic E-state index is 12.3. The zero-order valence-corrected chi connectivity index (χ0v) is 16.0. The van der Waals surface area contributed by atoms with Crippen molar-refractivity contribution < 1.29 is 9.53 Å². The van der Waals surface area contributed by atoms with E-state index < -0.39 is 0 Å². The van der Waals surface area contributed by atoms with Crippen LogP contribution in [0.25, 0.3) is 16.2 Å². The SMILES string of the molecule is COc1ccc(-c2csc3nc(NC(=O)c4ccc(Br)cc4)nn23)cc1. The van der Waals surface area contributed by atoms with Crippen molar-refractivity contribution in [3.63, 3.8) is 0 Å². The maximum atomic E-state index is 12.3. The summed E-state index contributed by atoms with van der Waals surface area (Å²) in [5.74, 6) is 0.822. The lowest BCUT2D eigenvalue weighted by Crippen LogP contribution is -2.13. The number of hydrogen-bond acceptors (Lipinski definition) is 5. The Kier molecular flexibility index (Phi) is 4.44. The predicted molar refractivity (Wildman–Crippen MR) is 105 cm³/mol. The van der Waals surface area contributed by atoms with Crippen molar-refractivity contribution in [2.24, 2.45) is 0 Å². The molecule has 8 heteroatoms. The molecule has 2 aromatic heterocycles. The molecule has 4 rings (SSSR count). The molecule has 0 unspecified atom stereocenters. The number of anilines is 1. The molecular weight excluding hydrogens is 416 g/mol. The lowest BCUT2D eigenvalue weighted by Gasteiger charge is -2.02. The Morgan fingerprint density at radius 2 is 1.88 bits per heavy atom. The minimum absolute atomic E-state index is 0.248. The van der Waals surface area contributed by atoms with Gasteiger partial charge in [0.1, 0.15) is 5.75 Å². The van der Waals surface area contributed by atoms with Gasteiger partial charge in [0.05, 0.1) is 12.8 Å². The largest absolute Gasteiger partial charge is 0.497 e. The highest BCUT2D eigenvalue weighted by Gasteiger charge is 2.14. The van der Waals surface area contributed by atoms with Crippen LogP contribution >= 0.6 is 27.3 Å². The van der Waals surface area contributed by atoms with E-state index in [1.54, 1.807) is 23.8 Å². The normalized spacial score (nSPS) is 10.8. The zero-order chi connectivity index (χ0) is 18.1. The number of nitrogens with zero attached hydrogens (tertiary/aromatic N) is 3. The van der Waals surface area contributed by atoms with Crippen LogP contribution in [0.3, 0.4) is 0 Å². The summed E-state index contributed by atoms with van der Waals surface area (Å²) in [5.41, 5.74) is 2.44. The molecule has 4 aromatic rings. The molecular formula is C18H13BrN4O2S. The molecule has 26 heavy (non-hydrogen) atoms. The summed E-state index contributed by atoms with van der Waals surface area (Å²) in [7, 11) is 1.63. The number of carbonyl (C=O) groups excluding carboxylic acids is 1. The smallest absolute Gasteiger partial charge is 0.258 e. The van der Waals surface area contributed by atoms with Gasteiger partial charge in [0.2, 0.25) is 4.96 Å². The Bertz CT molecular complexity index is 1070. The van der Waals surface area contributed by atoms with Gasteiger partial charge in [0, 0.05) is 21.0 Å². The number of fused-ring (bicyclic) bond motifs is 1. The molecule has 0 aliphatic rings. The van der Waals surface area contributed by atoms with Gasteiger partial charge in [-0.2, -0.15) is 4.98 Å². The van der Waals surface area contributed by atoms with Crippen LogP contribution in [0.2, 0.25) is 0 Å². The van der Waals surface area contributed by atoms with Crippen LogP contribution in [-0.4, -0.2) is 27.6 Å². The highest BCUT2D eigenvalue weighted by molar-refractivity contribution is 9.10. The number of amides is 1. The molecule has 6 nitrogen and oxygen atoms in total. The van der Waals surface area contributed by atoms with Gasteiger partial charge in [-0.25, -0.2) is 4.52 Å². The minimum atomic E-state index is -0.248. The first-order valence-electron chi connectivity index (χ1n) is 7.69. The molecule has 0 saturated carbocycles. The van der Waals surface area contributed by atoms with E-state index in [0.717, 1.165) is 21.5 Å². The highest BCUT2D eigenvalue weighted by atomic mass is 79.9. The van der Waals surface area contributed by atoms with E-state index >= 15 is 0 Å². The predicted octanol–water partition coefficient (Wildman–Crippen LogP) is 4.48. The van der Waals surface area contributed by atoms with E-state index in [0.29, 0.717) is 10.5 Å². The number of hydrogen-bond donors (Lipinski definition) is 1. The van der Waals surface area contributed by atoms with E-state index in [4.69, 9.17) is 4.74 Å². The molecule has 0 aliphatic carbocycles. The lowest BCUT2D eigenvalue weighted by atomic mass is 10.2. The Labute approximate surface area is 161 Å². The summed E-state index contributed by atoms with van der Waals surface area (Å²) in [6.45, 7) is 0. The Morgan fingerprint density at radius 3 is 2.58 bits per heavy atom. The third-order valence-corrected chi connectivity index (χ3v) is 5.14. The quantitative estimate of drug-likeness (QED) is 0.520. The van der Waals surface area contributed by atoms with Gasteiger partial charge in [-0.1, -0.05) is 15.9 Å². The van der Waals surface area contributed by atoms with Gasteiger partial charge in [-0.05, 0) is 48.5 Å². The first-order valence-corrected chi connectivity index (χ1v) is 9.37. The number of methoxy groups -OCH3 is 1. The van der Waals surface area contributed by atoms with Crippen LogP contribution < -0.4 is 10.1 Å². The standard InChI is InChI=1S/C18H13BrN4O2S/c1-25-14-8-4-11(5-9-14)15-10-26-18-21-17(22-23(15)18)20-16(24)12-2-6-13(19)7-3-12/h2-10H,1H3,(H,20,22,24). The Balaban J connectivity index is 1.61. The van der Waals surface area contributed by atoms with Gasteiger partial charge in [-0.3, -0.25) is 10.1 Å². The highest BCUT2D eigenvalue weighted by Crippen LogP contribution is 2.27. The first-order chi connectivity index (χ1) is 12.6. The molecule has 1 amide bonds. The molecule has 0 spiro atoms. The number of halogens is 1. The molecule has 0 fully saturated rings. The van der Waals surface area contributed by atoms with Crippen molar-refractivity contribution in [3.8, 4) is 17.0 Å². The van der Waals surface area contributed by atoms with E-state index in [1.165, 1.54) is 11.3 Å². The number of thiazole rings is 1. The van der Waals surface area contributed by atoms with Gasteiger partial charge >= 0.3 is 0 Å². The molecule has 0 saturated heterocycles. The van der Waals surface area contributed by atoms with Crippen molar-refractivity contribution in [2.45, 2.75) is 0 Å². The molecule has 0 bridgehead atoms. The second-order valence-electron chi connectivity index (χ2n) is 5.44. The summed E-state index contributed by atoms with van der Waals surface area (Å²) >= 11 is 4.82. The van der Waals surface area contributed by atoms with Crippen molar-refractivity contribution >= 4 is 44.1 Å². The number of ether oxygens (including phenoxy) is 1. The number of aromatic nitrogens is 3. The van der Waals surface area contributed by atoms with Crippen LogP contribution in [0.15, 0.2) is 58.4 Å². The third kappa shape index (κ3) is 3.21. The second-order valence-corrected chi connectivity index (χ2v) is 7.19. The van der Waals surface area contributed by atoms with Crippen molar-refractivity contribution in [2.75, 3.05) is 12.4 Å². The van der Waals surface area contributed by atoms with E-state index in [1.807, 2.05) is 41.8 Å². The lowest BCUT2D eigenvalue weighted by molar-refractivity contribution is 0.102. The Hall–Kier alpha value is -2.71. The summed E-state index contributed by atoms with van der Waals surface area (Å²) in [5, 5.41) is 9.14. The van der Waals surface area contributed by atoms with Gasteiger partial charge in [-0.15, -0.1) is 16.4 Å². The number of rotatable bonds is 4. The van der Waals surface area contributed by atoms with Crippen LogP contribution in [0.1, 0.15) is 10.4 Å². The summed E-state index contributed by atoms with van der Waals surface area (Å²) in [6, 6.07) is 14.8. The first kappa shape index (κ1) is 16.7. The fourth-order valence-electron chi connectivity index (χ4n) is 2.47. The number of benzene rings is 2. The van der Waals surface area contributed by atoms with E-state index in [2.05, 4.69) is 31.3 Å². The number of carbonyl (C=O) groups is 1.